The van der Waals surface area contributed by atoms with Crippen LogP contribution in [0, 0.1) is 17.1 Å². The zero-order valence-corrected chi connectivity index (χ0v) is 11.4. The van der Waals surface area contributed by atoms with Gasteiger partial charge in [-0.1, -0.05) is 6.92 Å². The topological polar surface area (TPSA) is 67.6 Å². The minimum absolute atomic E-state index is 0.0992. The van der Waals surface area contributed by atoms with Crippen molar-refractivity contribution in [3.8, 4) is 6.07 Å². The minimum Gasteiger partial charge on any atom is -0.333 e. The molecule has 1 unspecified atom stereocenters. The third-order valence-electron chi connectivity index (χ3n) is 3.22. The lowest BCUT2D eigenvalue weighted by Gasteiger charge is -2.06. The van der Waals surface area contributed by atoms with E-state index in [2.05, 4.69) is 11.1 Å². The second-order valence-electron chi connectivity index (χ2n) is 4.82. The van der Waals surface area contributed by atoms with Gasteiger partial charge in [0.25, 0.3) is 0 Å². The summed E-state index contributed by atoms with van der Waals surface area (Å²) < 4.78 is 15.1. The Kier molecular flexibility index (Phi) is 4.49. The molecule has 0 radical (unpaired) electrons. The van der Waals surface area contributed by atoms with Gasteiger partial charge in [0.05, 0.1) is 23.7 Å². The maximum atomic E-state index is 13.3. The fourth-order valence-electron chi connectivity index (χ4n) is 2.01. The van der Waals surface area contributed by atoms with Gasteiger partial charge in [0.1, 0.15) is 5.82 Å². The van der Waals surface area contributed by atoms with Gasteiger partial charge in [0, 0.05) is 25.2 Å². The normalized spacial score (nSPS) is 12.1. The van der Waals surface area contributed by atoms with E-state index in [1.807, 2.05) is 17.7 Å². The van der Waals surface area contributed by atoms with Gasteiger partial charge in [-0.15, -0.1) is 0 Å². The average molecular weight is 272 g/mol. The lowest BCUT2D eigenvalue weighted by Crippen LogP contribution is -2.21. The highest BCUT2D eigenvalue weighted by atomic mass is 19.1. The molecular weight excluding hydrogens is 255 g/mol. The molecule has 0 saturated carbocycles. The Morgan fingerprint density at radius 3 is 3.00 bits per heavy atom. The second kappa shape index (κ2) is 6.31. The molecule has 2 N–H and O–H groups in total. The molecule has 0 bridgehead atoms. The van der Waals surface area contributed by atoms with Crippen LogP contribution < -0.4 is 5.73 Å². The first-order valence-corrected chi connectivity index (χ1v) is 6.57. The molecule has 1 aromatic carbocycles. The summed E-state index contributed by atoms with van der Waals surface area (Å²) in [6, 6.07) is 6.34. The number of benzene rings is 1. The molecular formula is C15H17FN4. The van der Waals surface area contributed by atoms with Crippen LogP contribution in [0.25, 0.3) is 0 Å². The van der Waals surface area contributed by atoms with Gasteiger partial charge in [0.15, 0.2) is 0 Å². The fraction of sp³-hybridized carbons (Fsp3) is 0.333. The van der Waals surface area contributed by atoms with E-state index >= 15 is 0 Å². The summed E-state index contributed by atoms with van der Waals surface area (Å²) in [4.78, 5) is 4.28. The van der Waals surface area contributed by atoms with E-state index in [-0.39, 0.29) is 11.9 Å². The molecule has 5 heteroatoms. The van der Waals surface area contributed by atoms with Crippen molar-refractivity contribution in [2.45, 2.75) is 32.4 Å². The molecule has 0 fully saturated rings. The number of hydrogen-bond donors (Lipinski definition) is 1. The predicted octanol–water partition coefficient (Wildman–Crippen LogP) is 2.22. The van der Waals surface area contributed by atoms with Gasteiger partial charge in [-0.05, 0) is 30.2 Å². The van der Waals surface area contributed by atoms with Crippen molar-refractivity contribution >= 4 is 0 Å². The van der Waals surface area contributed by atoms with Crippen molar-refractivity contribution < 1.29 is 4.39 Å². The SMILES string of the molecule is CCC(N)Cc1cn(Cc2cc(F)ccc2C#N)cn1. The molecule has 4 nitrogen and oxygen atoms in total. The van der Waals surface area contributed by atoms with E-state index < -0.39 is 0 Å². The lowest BCUT2D eigenvalue weighted by molar-refractivity contribution is 0.623. The smallest absolute Gasteiger partial charge is 0.123 e. The first-order valence-electron chi connectivity index (χ1n) is 6.57. The van der Waals surface area contributed by atoms with E-state index in [9.17, 15) is 4.39 Å². The Morgan fingerprint density at radius 1 is 1.50 bits per heavy atom. The van der Waals surface area contributed by atoms with Crippen LogP contribution in [0.15, 0.2) is 30.7 Å². The van der Waals surface area contributed by atoms with Crippen LogP contribution in [0.5, 0.6) is 0 Å². The Bertz CT molecular complexity index is 627. The summed E-state index contributed by atoms with van der Waals surface area (Å²) in [6.07, 6.45) is 5.19. The molecule has 0 aliphatic rings. The van der Waals surface area contributed by atoms with Gasteiger partial charge in [0.2, 0.25) is 0 Å². The molecule has 2 rings (SSSR count). The number of hydrogen-bond acceptors (Lipinski definition) is 3. The number of nitrogens with zero attached hydrogens (tertiary/aromatic N) is 3. The van der Waals surface area contributed by atoms with Crippen molar-refractivity contribution in [3.63, 3.8) is 0 Å². The summed E-state index contributed by atoms with van der Waals surface area (Å²) in [5.74, 6) is -0.340. The highest BCUT2D eigenvalue weighted by molar-refractivity contribution is 5.38. The van der Waals surface area contributed by atoms with Gasteiger partial charge < -0.3 is 10.3 Å². The Labute approximate surface area is 117 Å². The quantitative estimate of drug-likeness (QED) is 0.907. The summed E-state index contributed by atoms with van der Waals surface area (Å²) in [7, 11) is 0. The number of nitriles is 1. The van der Waals surface area contributed by atoms with E-state index in [1.165, 1.54) is 18.2 Å². The van der Waals surface area contributed by atoms with Crippen LogP contribution in [0.4, 0.5) is 4.39 Å². The number of halogens is 1. The molecule has 1 aromatic heterocycles. The molecule has 0 spiro atoms. The van der Waals surface area contributed by atoms with Crippen LogP contribution >= 0.6 is 0 Å². The number of imidazole rings is 1. The van der Waals surface area contributed by atoms with Crippen molar-refractivity contribution in [3.05, 3.63) is 53.4 Å². The summed E-state index contributed by atoms with van der Waals surface area (Å²) in [6.45, 7) is 2.46. The van der Waals surface area contributed by atoms with E-state index in [0.29, 0.717) is 17.7 Å². The van der Waals surface area contributed by atoms with Gasteiger partial charge in [-0.25, -0.2) is 9.37 Å². The number of nitrogens with two attached hydrogens (primary N) is 1. The minimum atomic E-state index is -0.340. The largest absolute Gasteiger partial charge is 0.333 e. The highest BCUT2D eigenvalue weighted by Gasteiger charge is 2.07. The van der Waals surface area contributed by atoms with Crippen molar-refractivity contribution in [1.82, 2.24) is 9.55 Å². The maximum Gasteiger partial charge on any atom is 0.123 e. The monoisotopic (exact) mass is 272 g/mol. The lowest BCUT2D eigenvalue weighted by atomic mass is 10.1. The van der Waals surface area contributed by atoms with Gasteiger partial charge in [-0.3, -0.25) is 0 Å². The molecule has 0 saturated heterocycles. The molecule has 1 atom stereocenters. The van der Waals surface area contributed by atoms with Crippen molar-refractivity contribution in [2.75, 3.05) is 0 Å². The summed E-state index contributed by atoms with van der Waals surface area (Å²) in [5.41, 5.74) is 7.93. The summed E-state index contributed by atoms with van der Waals surface area (Å²) >= 11 is 0. The van der Waals surface area contributed by atoms with E-state index in [0.717, 1.165) is 18.5 Å². The van der Waals surface area contributed by atoms with Crippen LogP contribution in [-0.4, -0.2) is 15.6 Å². The van der Waals surface area contributed by atoms with E-state index in [1.54, 1.807) is 6.33 Å². The third-order valence-corrected chi connectivity index (χ3v) is 3.22. The first kappa shape index (κ1) is 14.2. The molecule has 1 heterocycles. The van der Waals surface area contributed by atoms with Crippen molar-refractivity contribution in [1.29, 1.82) is 5.26 Å². The molecule has 2 aromatic rings. The number of rotatable bonds is 5. The maximum absolute atomic E-state index is 13.3. The first-order chi connectivity index (χ1) is 9.62. The molecule has 0 amide bonds. The average Bonchev–Trinajstić information content (AvgIpc) is 2.86. The van der Waals surface area contributed by atoms with Gasteiger partial charge in [-0.2, -0.15) is 5.26 Å². The Hall–Kier alpha value is -2.19. The zero-order chi connectivity index (χ0) is 14.5. The number of aromatic nitrogens is 2. The summed E-state index contributed by atoms with van der Waals surface area (Å²) in [5, 5.41) is 9.03. The molecule has 0 aliphatic heterocycles. The zero-order valence-electron chi connectivity index (χ0n) is 11.4. The van der Waals surface area contributed by atoms with Crippen LogP contribution in [0.1, 0.15) is 30.2 Å². The standard InChI is InChI=1S/C15H17FN4/c1-2-14(18)6-15-9-20(10-19-15)8-12-5-13(16)4-3-11(12)7-17/h3-5,9-10,14H,2,6,8,18H2,1H3. The molecule has 104 valence electrons. The van der Waals surface area contributed by atoms with Crippen LogP contribution in [-0.2, 0) is 13.0 Å². The molecule has 0 aliphatic carbocycles. The van der Waals surface area contributed by atoms with Crippen LogP contribution in [0.2, 0.25) is 0 Å². The highest BCUT2D eigenvalue weighted by Crippen LogP contribution is 2.13. The second-order valence-corrected chi connectivity index (χ2v) is 4.82. The van der Waals surface area contributed by atoms with E-state index in [4.69, 9.17) is 11.0 Å². The van der Waals surface area contributed by atoms with Crippen LogP contribution in [0.3, 0.4) is 0 Å². The fourth-order valence-corrected chi connectivity index (χ4v) is 2.01. The Balaban J connectivity index is 2.15. The van der Waals surface area contributed by atoms with Gasteiger partial charge >= 0.3 is 0 Å². The molecule has 20 heavy (non-hydrogen) atoms. The Morgan fingerprint density at radius 2 is 2.30 bits per heavy atom. The third kappa shape index (κ3) is 3.43. The predicted molar refractivity (Wildman–Crippen MR) is 74.4 cm³/mol. The van der Waals surface area contributed by atoms with Crippen molar-refractivity contribution in [2.24, 2.45) is 5.73 Å².